The molecule has 0 atom stereocenters. The Morgan fingerprint density at radius 2 is 1.83 bits per heavy atom. The minimum absolute atomic E-state index is 0.0143. The molecule has 0 spiro atoms. The number of nitrogens with one attached hydrogen (secondary N) is 3. The van der Waals surface area contributed by atoms with Gasteiger partial charge < -0.3 is 30.9 Å². The van der Waals surface area contributed by atoms with Crippen LogP contribution in [0.4, 0.5) is 5.69 Å². The second kappa shape index (κ2) is 15.1. The fraction of sp³-hybridized carbons (Fsp3) is 0.286. The van der Waals surface area contributed by atoms with E-state index in [9.17, 15) is 29.1 Å². The lowest BCUT2D eigenvalue weighted by Crippen LogP contribution is -2.46. The van der Waals surface area contributed by atoms with Gasteiger partial charge >= 0.3 is 0 Å². The first-order valence-corrected chi connectivity index (χ1v) is 12.7. The molecular formula is C28H35N7O6. The maximum Gasteiger partial charge on any atom is 0.274 e. The molecule has 0 fully saturated rings. The molecule has 2 amide bonds. The second-order valence-corrected chi connectivity index (χ2v) is 8.98. The monoisotopic (exact) mass is 565 g/mol. The van der Waals surface area contributed by atoms with E-state index in [0.717, 1.165) is 10.3 Å². The Bertz CT molecular complexity index is 1530. The Labute approximate surface area is 236 Å². The number of hydrogen-bond donors (Lipinski definition) is 5. The van der Waals surface area contributed by atoms with Gasteiger partial charge in [0.1, 0.15) is 11.8 Å². The fourth-order valence-electron chi connectivity index (χ4n) is 4.06. The maximum atomic E-state index is 12.4. The SMILES string of the molecule is CN.CNCc1cc(=O)c(O)c2n1CCN(C(C)C)C2=O.N=c1ccc(C(=O)Nc2cccc(C=O)c2)cn1C=O. The van der Waals surface area contributed by atoms with Crippen molar-refractivity contribution in [1.29, 1.82) is 5.41 Å². The summed E-state index contributed by atoms with van der Waals surface area (Å²) in [7, 11) is 3.27. The van der Waals surface area contributed by atoms with Crippen molar-refractivity contribution < 1.29 is 24.3 Å². The zero-order chi connectivity index (χ0) is 30.7. The molecule has 1 aliphatic heterocycles. The highest BCUT2D eigenvalue weighted by Gasteiger charge is 2.31. The minimum Gasteiger partial charge on any atom is -0.503 e. The first kappa shape index (κ1) is 32.3. The minimum atomic E-state index is -0.504. The summed E-state index contributed by atoms with van der Waals surface area (Å²) in [6.07, 6.45) is 2.41. The summed E-state index contributed by atoms with van der Waals surface area (Å²) < 4.78 is 2.73. The number of nitrogens with two attached hydrogens (primary N) is 1. The first-order chi connectivity index (χ1) is 19.6. The van der Waals surface area contributed by atoms with Crippen molar-refractivity contribution in [2.75, 3.05) is 26.0 Å². The van der Waals surface area contributed by atoms with Crippen LogP contribution in [0.15, 0.2) is 53.5 Å². The maximum absolute atomic E-state index is 12.4. The number of aromatic hydroxyl groups is 1. The summed E-state index contributed by atoms with van der Waals surface area (Å²) in [4.78, 5) is 59.2. The summed E-state index contributed by atoms with van der Waals surface area (Å²) in [5.41, 5.74) is 5.98. The van der Waals surface area contributed by atoms with Crippen LogP contribution in [-0.2, 0) is 17.9 Å². The van der Waals surface area contributed by atoms with Crippen LogP contribution in [0.1, 0.15) is 50.7 Å². The molecule has 6 N–H and O–H groups in total. The van der Waals surface area contributed by atoms with Gasteiger partial charge in [-0.15, -0.1) is 0 Å². The van der Waals surface area contributed by atoms with Crippen LogP contribution < -0.4 is 27.3 Å². The van der Waals surface area contributed by atoms with E-state index in [1.165, 1.54) is 37.5 Å². The number of aldehydes is 1. The number of carbonyl (C=O) groups excluding carboxylic acids is 4. The molecule has 1 aromatic carbocycles. The van der Waals surface area contributed by atoms with Crippen LogP contribution in [0.3, 0.4) is 0 Å². The molecular weight excluding hydrogens is 530 g/mol. The normalized spacial score (nSPS) is 11.9. The largest absolute Gasteiger partial charge is 0.503 e. The molecule has 218 valence electrons. The average molecular weight is 566 g/mol. The van der Waals surface area contributed by atoms with Gasteiger partial charge in [0, 0.05) is 54.9 Å². The van der Waals surface area contributed by atoms with Gasteiger partial charge in [0.05, 0.1) is 5.56 Å². The molecule has 2 aromatic heterocycles. The Hall–Kier alpha value is -4.88. The van der Waals surface area contributed by atoms with Crippen molar-refractivity contribution in [1.82, 2.24) is 19.4 Å². The van der Waals surface area contributed by atoms with Gasteiger partial charge in [-0.1, -0.05) is 12.1 Å². The van der Waals surface area contributed by atoms with Crippen molar-refractivity contribution >= 4 is 30.2 Å². The van der Waals surface area contributed by atoms with Crippen molar-refractivity contribution in [3.63, 3.8) is 0 Å². The summed E-state index contributed by atoms with van der Waals surface area (Å²) in [6, 6.07) is 10.7. The van der Waals surface area contributed by atoms with Gasteiger partial charge in [-0.3, -0.25) is 33.9 Å². The van der Waals surface area contributed by atoms with Gasteiger partial charge in [0.2, 0.25) is 11.8 Å². The van der Waals surface area contributed by atoms with E-state index in [0.29, 0.717) is 43.6 Å². The first-order valence-electron chi connectivity index (χ1n) is 12.7. The third kappa shape index (κ3) is 7.84. The number of aromatic nitrogens is 2. The molecule has 0 aliphatic carbocycles. The number of amides is 2. The summed E-state index contributed by atoms with van der Waals surface area (Å²) >= 11 is 0. The van der Waals surface area contributed by atoms with Crippen LogP contribution >= 0.6 is 0 Å². The van der Waals surface area contributed by atoms with Crippen LogP contribution in [-0.4, -0.2) is 70.3 Å². The molecule has 13 heteroatoms. The molecule has 13 nitrogen and oxygen atoms in total. The zero-order valence-corrected chi connectivity index (χ0v) is 23.4. The predicted molar refractivity (Wildman–Crippen MR) is 154 cm³/mol. The lowest BCUT2D eigenvalue weighted by atomic mass is 10.1. The quantitative estimate of drug-likeness (QED) is 0.259. The van der Waals surface area contributed by atoms with Crippen LogP contribution in [0.2, 0.25) is 0 Å². The van der Waals surface area contributed by atoms with Crippen molar-refractivity contribution in [2.24, 2.45) is 5.73 Å². The Morgan fingerprint density at radius 3 is 2.44 bits per heavy atom. The Balaban J connectivity index is 0.000000271. The third-order valence-corrected chi connectivity index (χ3v) is 6.01. The van der Waals surface area contributed by atoms with Gasteiger partial charge in [0.25, 0.3) is 11.8 Å². The summed E-state index contributed by atoms with van der Waals surface area (Å²) in [5.74, 6) is -1.16. The van der Waals surface area contributed by atoms with Gasteiger partial charge in [0.15, 0.2) is 11.4 Å². The lowest BCUT2D eigenvalue weighted by molar-refractivity contribution is 0.0639. The van der Waals surface area contributed by atoms with E-state index in [2.05, 4.69) is 16.4 Å². The molecule has 3 heterocycles. The van der Waals surface area contributed by atoms with Crippen molar-refractivity contribution in [3.8, 4) is 5.75 Å². The van der Waals surface area contributed by atoms with E-state index in [1.807, 2.05) is 13.8 Å². The van der Waals surface area contributed by atoms with Gasteiger partial charge in [-0.25, -0.2) is 0 Å². The van der Waals surface area contributed by atoms with E-state index in [-0.39, 0.29) is 28.7 Å². The molecule has 0 radical (unpaired) electrons. The van der Waals surface area contributed by atoms with Crippen LogP contribution in [0.5, 0.6) is 5.75 Å². The fourth-order valence-corrected chi connectivity index (χ4v) is 4.06. The molecule has 41 heavy (non-hydrogen) atoms. The van der Waals surface area contributed by atoms with Gasteiger partial charge in [-0.05, 0) is 52.2 Å². The van der Waals surface area contributed by atoms with E-state index in [1.54, 1.807) is 34.7 Å². The predicted octanol–water partition coefficient (Wildman–Crippen LogP) is 0.783. The summed E-state index contributed by atoms with van der Waals surface area (Å²) in [6.45, 7) is 5.49. The average Bonchev–Trinajstić information content (AvgIpc) is 2.97. The second-order valence-electron chi connectivity index (χ2n) is 8.98. The number of pyridine rings is 2. The summed E-state index contributed by atoms with van der Waals surface area (Å²) in [5, 5.41) is 22.9. The number of benzene rings is 1. The third-order valence-electron chi connectivity index (χ3n) is 6.01. The van der Waals surface area contributed by atoms with E-state index >= 15 is 0 Å². The smallest absolute Gasteiger partial charge is 0.274 e. The Morgan fingerprint density at radius 1 is 1.12 bits per heavy atom. The van der Waals surface area contributed by atoms with E-state index < -0.39 is 17.1 Å². The van der Waals surface area contributed by atoms with Crippen molar-refractivity contribution in [3.05, 3.63) is 86.9 Å². The standard InChI is InChI=1S/C14H11N3O3.C13H19N3O3.CH5N/c15-13-5-4-11(7-17(13)9-19)14(20)16-12-3-1-2-10(6-12)8-18;1-8(2)15-4-5-16-9(7-14-3)6-10(17)12(18)11(16)13(15)19;1-2/h1-9,15H,(H,16,20);6,8,14,18H,4-5,7H2,1-3H3;2H2,1H3. The number of rotatable bonds is 7. The molecule has 0 bridgehead atoms. The molecule has 4 rings (SSSR count). The Kier molecular flexibility index (Phi) is 11.9. The van der Waals surface area contributed by atoms with Crippen LogP contribution in [0.25, 0.3) is 0 Å². The highest BCUT2D eigenvalue weighted by molar-refractivity contribution is 6.04. The topological polar surface area (TPSA) is 193 Å². The molecule has 0 saturated carbocycles. The number of hydrogen-bond acceptors (Lipinski definition) is 9. The zero-order valence-electron chi connectivity index (χ0n) is 23.4. The van der Waals surface area contributed by atoms with Crippen molar-refractivity contribution in [2.45, 2.75) is 33.0 Å². The number of fused-ring (bicyclic) bond motifs is 1. The highest BCUT2D eigenvalue weighted by atomic mass is 16.3. The number of carbonyl (C=O) groups is 4. The molecule has 0 unspecified atom stereocenters. The van der Waals surface area contributed by atoms with Crippen LogP contribution in [0, 0.1) is 5.41 Å². The van der Waals surface area contributed by atoms with Gasteiger partial charge in [-0.2, -0.15) is 0 Å². The molecule has 0 saturated heterocycles. The molecule has 1 aliphatic rings. The lowest BCUT2D eigenvalue weighted by Gasteiger charge is -2.34. The highest BCUT2D eigenvalue weighted by Crippen LogP contribution is 2.22. The number of nitrogens with zero attached hydrogens (tertiary/aromatic N) is 3. The number of anilines is 1. The van der Waals surface area contributed by atoms with E-state index in [4.69, 9.17) is 5.41 Å². The molecule has 3 aromatic rings.